The molecule has 0 bridgehead atoms. The van der Waals surface area contributed by atoms with E-state index in [1.807, 2.05) is 43.3 Å². The number of hydrogen-bond donors (Lipinski definition) is 1. The summed E-state index contributed by atoms with van der Waals surface area (Å²) in [5.41, 5.74) is 3.66. The van der Waals surface area contributed by atoms with E-state index < -0.39 is 0 Å². The highest BCUT2D eigenvalue weighted by molar-refractivity contribution is 5.89. The van der Waals surface area contributed by atoms with Crippen LogP contribution in [0.2, 0.25) is 0 Å². The number of ether oxygens (including phenoxy) is 2. The van der Waals surface area contributed by atoms with Gasteiger partial charge in [0.05, 0.1) is 19.4 Å². The van der Waals surface area contributed by atoms with Crippen molar-refractivity contribution in [2.45, 2.75) is 13.8 Å². The maximum Gasteiger partial charge on any atom is 0.161 e. The van der Waals surface area contributed by atoms with Gasteiger partial charge in [-0.15, -0.1) is 0 Å². The predicted molar refractivity (Wildman–Crippen MR) is 91.3 cm³/mol. The number of aryl methyl sites for hydroxylation is 1. The lowest BCUT2D eigenvalue weighted by Crippen LogP contribution is -1.95. The first kappa shape index (κ1) is 15.2. The van der Waals surface area contributed by atoms with E-state index in [4.69, 9.17) is 14.5 Å². The van der Waals surface area contributed by atoms with E-state index in [1.54, 1.807) is 13.2 Å². The van der Waals surface area contributed by atoms with Crippen LogP contribution in [0.1, 0.15) is 12.5 Å². The molecule has 0 amide bonds. The van der Waals surface area contributed by atoms with E-state index in [-0.39, 0.29) is 5.75 Å². The highest BCUT2D eigenvalue weighted by Gasteiger charge is 2.11. The molecule has 0 aliphatic carbocycles. The Morgan fingerprint density at radius 3 is 2.65 bits per heavy atom. The monoisotopic (exact) mass is 309 g/mol. The number of phenolic OH excluding ortho intramolecular Hbond substituents is 1. The maximum atomic E-state index is 9.86. The van der Waals surface area contributed by atoms with Crippen LogP contribution in [-0.4, -0.2) is 23.8 Å². The Balaban J connectivity index is 2.19. The molecule has 0 aliphatic rings. The Morgan fingerprint density at radius 1 is 1.09 bits per heavy atom. The van der Waals surface area contributed by atoms with Crippen molar-refractivity contribution in [3.8, 4) is 28.5 Å². The molecular formula is C19H19NO3. The second-order valence-electron chi connectivity index (χ2n) is 5.30. The van der Waals surface area contributed by atoms with Crippen LogP contribution in [0.25, 0.3) is 22.2 Å². The van der Waals surface area contributed by atoms with Gasteiger partial charge in [0.15, 0.2) is 11.5 Å². The second kappa shape index (κ2) is 6.16. The molecular weight excluding hydrogens is 290 g/mol. The van der Waals surface area contributed by atoms with Gasteiger partial charge in [-0.1, -0.05) is 12.1 Å². The number of benzene rings is 2. The summed E-state index contributed by atoms with van der Waals surface area (Å²) in [6.45, 7) is 4.43. The molecule has 0 fully saturated rings. The van der Waals surface area contributed by atoms with Crippen LogP contribution < -0.4 is 9.47 Å². The van der Waals surface area contributed by atoms with Crippen molar-refractivity contribution in [2.75, 3.05) is 13.7 Å². The molecule has 3 aromatic rings. The zero-order valence-corrected chi connectivity index (χ0v) is 13.5. The highest BCUT2D eigenvalue weighted by Crippen LogP contribution is 2.34. The summed E-state index contributed by atoms with van der Waals surface area (Å²) in [6, 6.07) is 13.2. The summed E-state index contributed by atoms with van der Waals surface area (Å²) in [4.78, 5) is 4.75. The molecule has 0 radical (unpaired) electrons. The summed E-state index contributed by atoms with van der Waals surface area (Å²) in [5.74, 6) is 1.34. The fourth-order valence-corrected chi connectivity index (χ4v) is 2.65. The Hall–Kier alpha value is -2.75. The lowest BCUT2D eigenvalue weighted by Gasteiger charge is -2.11. The zero-order valence-electron chi connectivity index (χ0n) is 13.5. The summed E-state index contributed by atoms with van der Waals surface area (Å²) < 4.78 is 10.9. The number of aromatic hydroxyl groups is 1. The third kappa shape index (κ3) is 2.80. The molecule has 0 unspecified atom stereocenters. The normalized spacial score (nSPS) is 10.7. The van der Waals surface area contributed by atoms with Gasteiger partial charge < -0.3 is 14.6 Å². The van der Waals surface area contributed by atoms with Crippen LogP contribution in [0.5, 0.6) is 17.2 Å². The largest absolute Gasteiger partial charge is 0.504 e. The number of methoxy groups -OCH3 is 1. The number of rotatable bonds is 4. The summed E-state index contributed by atoms with van der Waals surface area (Å²) in [6.07, 6.45) is 0. The lowest BCUT2D eigenvalue weighted by molar-refractivity contribution is 0.318. The number of pyridine rings is 1. The Kier molecular flexibility index (Phi) is 4.06. The minimum atomic E-state index is 0.130. The van der Waals surface area contributed by atoms with Crippen LogP contribution in [0.15, 0.2) is 42.5 Å². The molecule has 118 valence electrons. The fraction of sp³-hybridized carbons (Fsp3) is 0.211. The molecule has 0 saturated carbocycles. The van der Waals surface area contributed by atoms with Gasteiger partial charge in [0.25, 0.3) is 0 Å². The third-order valence-electron chi connectivity index (χ3n) is 3.78. The Labute approximate surface area is 135 Å². The first-order valence-corrected chi connectivity index (χ1v) is 7.54. The first-order valence-electron chi connectivity index (χ1n) is 7.54. The fourth-order valence-electron chi connectivity index (χ4n) is 2.65. The molecule has 0 aliphatic heterocycles. The van der Waals surface area contributed by atoms with Crippen molar-refractivity contribution in [3.05, 3.63) is 48.0 Å². The van der Waals surface area contributed by atoms with Gasteiger partial charge in [-0.2, -0.15) is 0 Å². The maximum absolute atomic E-state index is 9.86. The SMILES string of the molecule is CCOc1cc(-c2cc(C)c3cccc(OC)c3n2)ccc1O. The van der Waals surface area contributed by atoms with Gasteiger partial charge in [-0.3, -0.25) is 0 Å². The summed E-state index contributed by atoms with van der Waals surface area (Å²) >= 11 is 0. The van der Waals surface area contributed by atoms with E-state index in [0.29, 0.717) is 12.4 Å². The van der Waals surface area contributed by atoms with E-state index in [1.165, 1.54) is 0 Å². The summed E-state index contributed by atoms with van der Waals surface area (Å²) in [7, 11) is 1.65. The smallest absolute Gasteiger partial charge is 0.161 e. The van der Waals surface area contributed by atoms with Crippen molar-refractivity contribution in [1.82, 2.24) is 4.98 Å². The van der Waals surface area contributed by atoms with Gasteiger partial charge in [-0.25, -0.2) is 4.98 Å². The topological polar surface area (TPSA) is 51.6 Å². The zero-order chi connectivity index (χ0) is 16.4. The molecule has 1 aromatic heterocycles. The predicted octanol–water partition coefficient (Wildman–Crippen LogP) is 4.32. The van der Waals surface area contributed by atoms with Gasteiger partial charge >= 0.3 is 0 Å². The van der Waals surface area contributed by atoms with E-state index in [9.17, 15) is 5.11 Å². The van der Waals surface area contributed by atoms with Crippen molar-refractivity contribution in [3.63, 3.8) is 0 Å². The molecule has 3 rings (SSSR count). The molecule has 4 nitrogen and oxygen atoms in total. The van der Waals surface area contributed by atoms with Gasteiger partial charge in [0.2, 0.25) is 0 Å². The van der Waals surface area contributed by atoms with Crippen LogP contribution in [0.4, 0.5) is 0 Å². The Morgan fingerprint density at radius 2 is 1.91 bits per heavy atom. The number of fused-ring (bicyclic) bond motifs is 1. The van der Waals surface area contributed by atoms with Crippen molar-refractivity contribution >= 4 is 10.9 Å². The minimum absolute atomic E-state index is 0.130. The molecule has 4 heteroatoms. The van der Waals surface area contributed by atoms with Crippen LogP contribution in [0.3, 0.4) is 0 Å². The molecule has 1 N–H and O–H groups in total. The van der Waals surface area contributed by atoms with E-state index in [0.717, 1.165) is 33.5 Å². The molecule has 1 heterocycles. The third-order valence-corrected chi connectivity index (χ3v) is 3.78. The van der Waals surface area contributed by atoms with Gasteiger partial charge in [0, 0.05) is 10.9 Å². The standard InChI is InChI=1S/C19H19NO3/c1-4-23-18-11-13(8-9-16(18)21)15-10-12(2)14-6-5-7-17(22-3)19(14)20-15/h5-11,21H,4H2,1-3H3. The number of nitrogens with zero attached hydrogens (tertiary/aromatic N) is 1. The molecule has 23 heavy (non-hydrogen) atoms. The van der Waals surface area contributed by atoms with E-state index >= 15 is 0 Å². The second-order valence-corrected chi connectivity index (χ2v) is 5.30. The van der Waals surface area contributed by atoms with Crippen molar-refractivity contribution in [2.24, 2.45) is 0 Å². The molecule has 2 aromatic carbocycles. The number of aromatic nitrogens is 1. The number of phenols is 1. The van der Waals surface area contributed by atoms with Gasteiger partial charge in [-0.05, 0) is 49.7 Å². The molecule has 0 saturated heterocycles. The van der Waals surface area contributed by atoms with E-state index in [2.05, 4.69) is 6.92 Å². The molecule has 0 spiro atoms. The quantitative estimate of drug-likeness (QED) is 0.779. The molecule has 0 atom stereocenters. The summed E-state index contributed by atoms with van der Waals surface area (Å²) in [5, 5.41) is 10.9. The average Bonchev–Trinajstić information content (AvgIpc) is 2.56. The van der Waals surface area contributed by atoms with Crippen LogP contribution in [-0.2, 0) is 0 Å². The van der Waals surface area contributed by atoms with Crippen molar-refractivity contribution < 1.29 is 14.6 Å². The van der Waals surface area contributed by atoms with Crippen LogP contribution >= 0.6 is 0 Å². The highest BCUT2D eigenvalue weighted by atomic mass is 16.5. The van der Waals surface area contributed by atoms with Crippen LogP contribution in [0, 0.1) is 6.92 Å². The average molecular weight is 309 g/mol. The number of para-hydroxylation sites is 1. The van der Waals surface area contributed by atoms with Gasteiger partial charge in [0.1, 0.15) is 11.3 Å². The minimum Gasteiger partial charge on any atom is -0.504 e. The lowest BCUT2D eigenvalue weighted by atomic mass is 10.0. The Bertz CT molecular complexity index is 859. The first-order chi connectivity index (χ1) is 11.1. The van der Waals surface area contributed by atoms with Crippen molar-refractivity contribution in [1.29, 1.82) is 0 Å². The number of hydrogen-bond acceptors (Lipinski definition) is 4.